The number of piperazine rings is 1. The Morgan fingerprint density at radius 3 is 2.36 bits per heavy atom. The van der Waals surface area contributed by atoms with Gasteiger partial charge in [-0.1, -0.05) is 0 Å². The Labute approximate surface area is 91.4 Å². The molecule has 0 spiro atoms. The largest absolute Gasteiger partial charge is 0.375 e. The highest BCUT2D eigenvalue weighted by Gasteiger charge is 2.28. The summed E-state index contributed by atoms with van der Waals surface area (Å²) in [6.07, 6.45) is 0. The van der Waals surface area contributed by atoms with Crippen molar-refractivity contribution in [2.75, 3.05) is 26.8 Å². The molecule has 1 rings (SSSR count). The van der Waals surface area contributed by atoms with Gasteiger partial charge in [-0.2, -0.15) is 0 Å². The number of methoxy groups -OCH3 is 1. The Morgan fingerprint density at radius 2 is 1.93 bits per heavy atom. The summed E-state index contributed by atoms with van der Waals surface area (Å²) in [5.41, 5.74) is 0. The number of nitrogens with zero attached hydrogens (tertiary/aromatic N) is 1. The van der Waals surface area contributed by atoms with Crippen LogP contribution in [-0.4, -0.2) is 49.7 Å². The predicted molar refractivity (Wildman–Crippen MR) is 57.8 cm³/mol. The summed E-state index contributed by atoms with van der Waals surface area (Å²) >= 11 is 0. The lowest BCUT2D eigenvalue weighted by Crippen LogP contribution is -2.58. The van der Waals surface area contributed by atoms with Gasteiger partial charge in [-0.25, -0.2) is 0 Å². The van der Waals surface area contributed by atoms with Gasteiger partial charge in [0.15, 0.2) is 0 Å². The minimum Gasteiger partial charge on any atom is -0.375 e. The van der Waals surface area contributed by atoms with Crippen molar-refractivity contribution in [1.29, 1.82) is 0 Å². The van der Waals surface area contributed by atoms with E-state index in [9.17, 15) is 4.79 Å². The summed E-state index contributed by atoms with van der Waals surface area (Å²) in [6.45, 7) is 6.04. The number of ether oxygens (including phenoxy) is 1. The van der Waals surface area contributed by atoms with E-state index >= 15 is 0 Å². The molecule has 0 unspecified atom stereocenters. The SMILES string of the molecule is COCC(=O)N1[C@H](C)CNC[C@@H]1C.Cl. The van der Waals surface area contributed by atoms with Crippen molar-refractivity contribution < 1.29 is 9.53 Å². The first-order valence-corrected chi connectivity index (χ1v) is 4.67. The Kier molecular flexibility index (Phi) is 6.08. The third kappa shape index (κ3) is 3.12. The summed E-state index contributed by atoms with van der Waals surface area (Å²) in [7, 11) is 1.55. The molecule has 0 saturated carbocycles. The quantitative estimate of drug-likeness (QED) is 0.729. The number of hydrogen-bond acceptors (Lipinski definition) is 3. The van der Waals surface area contributed by atoms with E-state index in [1.807, 2.05) is 4.90 Å². The van der Waals surface area contributed by atoms with Gasteiger partial charge in [-0.05, 0) is 13.8 Å². The van der Waals surface area contributed by atoms with Crippen molar-refractivity contribution in [3.63, 3.8) is 0 Å². The summed E-state index contributed by atoms with van der Waals surface area (Å²) in [5, 5.41) is 3.28. The van der Waals surface area contributed by atoms with Crippen LogP contribution >= 0.6 is 12.4 Å². The van der Waals surface area contributed by atoms with Crippen molar-refractivity contribution >= 4 is 18.3 Å². The molecule has 84 valence electrons. The Hall–Kier alpha value is -0.320. The molecule has 1 fully saturated rings. The molecule has 1 saturated heterocycles. The van der Waals surface area contributed by atoms with Gasteiger partial charge < -0.3 is 15.0 Å². The highest BCUT2D eigenvalue weighted by Crippen LogP contribution is 2.09. The fourth-order valence-corrected chi connectivity index (χ4v) is 1.82. The van der Waals surface area contributed by atoms with E-state index in [1.54, 1.807) is 7.11 Å². The van der Waals surface area contributed by atoms with Gasteiger partial charge in [-0.15, -0.1) is 12.4 Å². The predicted octanol–water partition coefficient (Wildman–Crippen LogP) is 0.263. The maximum Gasteiger partial charge on any atom is 0.249 e. The van der Waals surface area contributed by atoms with E-state index in [1.165, 1.54) is 0 Å². The van der Waals surface area contributed by atoms with Crippen molar-refractivity contribution in [1.82, 2.24) is 10.2 Å². The van der Waals surface area contributed by atoms with Crippen LogP contribution in [0.25, 0.3) is 0 Å². The summed E-state index contributed by atoms with van der Waals surface area (Å²) in [5.74, 6) is 0.0870. The third-order valence-electron chi connectivity index (χ3n) is 2.39. The maximum atomic E-state index is 11.6. The van der Waals surface area contributed by atoms with E-state index in [-0.39, 0.29) is 37.0 Å². The number of hydrogen-bond donors (Lipinski definition) is 1. The van der Waals surface area contributed by atoms with Gasteiger partial charge in [0.2, 0.25) is 5.91 Å². The highest BCUT2D eigenvalue weighted by atomic mass is 35.5. The van der Waals surface area contributed by atoms with Crippen LogP contribution in [0, 0.1) is 0 Å². The van der Waals surface area contributed by atoms with Gasteiger partial charge >= 0.3 is 0 Å². The number of amides is 1. The molecule has 1 heterocycles. The molecule has 0 aromatic carbocycles. The van der Waals surface area contributed by atoms with E-state index < -0.39 is 0 Å². The fraction of sp³-hybridized carbons (Fsp3) is 0.889. The molecule has 1 aliphatic rings. The molecular weight excluding hydrogens is 204 g/mol. The lowest BCUT2D eigenvalue weighted by atomic mass is 10.1. The number of nitrogens with one attached hydrogen (secondary N) is 1. The van der Waals surface area contributed by atoms with E-state index in [0.717, 1.165) is 13.1 Å². The number of rotatable bonds is 2. The zero-order valence-corrected chi connectivity index (χ0v) is 9.76. The molecule has 0 aromatic heterocycles. The monoisotopic (exact) mass is 222 g/mol. The normalized spacial score (nSPS) is 26.9. The van der Waals surface area contributed by atoms with Gasteiger partial charge in [-0.3, -0.25) is 4.79 Å². The third-order valence-corrected chi connectivity index (χ3v) is 2.39. The van der Waals surface area contributed by atoms with Crippen LogP contribution in [0.2, 0.25) is 0 Å². The Bertz CT molecular complexity index is 180. The Balaban J connectivity index is 0.00000169. The van der Waals surface area contributed by atoms with E-state index in [2.05, 4.69) is 19.2 Å². The second-order valence-electron chi connectivity index (χ2n) is 3.59. The minimum absolute atomic E-state index is 0. The highest BCUT2D eigenvalue weighted by molar-refractivity contribution is 5.85. The molecule has 14 heavy (non-hydrogen) atoms. The molecule has 0 radical (unpaired) electrons. The van der Waals surface area contributed by atoms with Crippen LogP contribution < -0.4 is 5.32 Å². The number of halogens is 1. The van der Waals surface area contributed by atoms with Gasteiger partial charge in [0, 0.05) is 32.3 Å². The molecular formula is C9H19ClN2O2. The summed E-state index contributed by atoms with van der Waals surface area (Å²) in [6, 6.07) is 0.540. The second kappa shape index (κ2) is 6.22. The van der Waals surface area contributed by atoms with E-state index in [0.29, 0.717) is 0 Å². The molecule has 1 N–H and O–H groups in total. The standard InChI is InChI=1S/C9H18N2O2.ClH/c1-7-4-10-5-8(2)11(7)9(12)6-13-3;/h7-8,10H,4-6H2,1-3H3;1H/t7-,8+;. The van der Waals surface area contributed by atoms with Crippen molar-refractivity contribution in [3.8, 4) is 0 Å². The molecule has 5 heteroatoms. The molecule has 4 nitrogen and oxygen atoms in total. The first-order chi connectivity index (χ1) is 6.16. The number of carbonyl (C=O) groups excluding carboxylic acids is 1. The lowest BCUT2D eigenvalue weighted by molar-refractivity contribution is -0.140. The molecule has 1 amide bonds. The smallest absolute Gasteiger partial charge is 0.249 e. The van der Waals surface area contributed by atoms with Crippen LogP contribution in [0.1, 0.15) is 13.8 Å². The zero-order chi connectivity index (χ0) is 9.84. The minimum atomic E-state index is 0. The second-order valence-corrected chi connectivity index (χ2v) is 3.59. The van der Waals surface area contributed by atoms with E-state index in [4.69, 9.17) is 4.74 Å². The molecule has 1 aliphatic heterocycles. The van der Waals surface area contributed by atoms with Crippen LogP contribution in [0.15, 0.2) is 0 Å². The fourth-order valence-electron chi connectivity index (χ4n) is 1.82. The first kappa shape index (κ1) is 13.7. The molecule has 0 aliphatic carbocycles. The van der Waals surface area contributed by atoms with Crippen LogP contribution in [0.4, 0.5) is 0 Å². The molecule has 0 aromatic rings. The van der Waals surface area contributed by atoms with Crippen molar-refractivity contribution in [2.24, 2.45) is 0 Å². The average Bonchev–Trinajstić information content (AvgIpc) is 2.04. The number of carbonyl (C=O) groups is 1. The maximum absolute atomic E-state index is 11.6. The van der Waals surface area contributed by atoms with Crippen LogP contribution in [0.5, 0.6) is 0 Å². The zero-order valence-electron chi connectivity index (χ0n) is 8.95. The molecule has 2 atom stereocenters. The van der Waals surface area contributed by atoms with Crippen molar-refractivity contribution in [2.45, 2.75) is 25.9 Å². The molecule has 0 bridgehead atoms. The van der Waals surface area contributed by atoms with Crippen molar-refractivity contribution in [3.05, 3.63) is 0 Å². The average molecular weight is 223 g/mol. The van der Waals surface area contributed by atoms with Gasteiger partial charge in [0.1, 0.15) is 6.61 Å². The summed E-state index contributed by atoms with van der Waals surface area (Å²) in [4.78, 5) is 13.5. The van der Waals surface area contributed by atoms with Gasteiger partial charge in [0.05, 0.1) is 0 Å². The van der Waals surface area contributed by atoms with Crippen LogP contribution in [-0.2, 0) is 9.53 Å². The first-order valence-electron chi connectivity index (χ1n) is 4.67. The topological polar surface area (TPSA) is 41.6 Å². The summed E-state index contributed by atoms with van der Waals surface area (Å²) < 4.78 is 4.84. The lowest BCUT2D eigenvalue weighted by Gasteiger charge is -2.39. The Morgan fingerprint density at radius 1 is 1.43 bits per heavy atom. The van der Waals surface area contributed by atoms with Crippen LogP contribution in [0.3, 0.4) is 0 Å². The van der Waals surface area contributed by atoms with Gasteiger partial charge in [0.25, 0.3) is 0 Å².